The molecule has 0 amide bonds. The first kappa shape index (κ1) is 15.5. The minimum Gasteiger partial charge on any atom is -0.375 e. The number of Topliss-reactive ketones (excluding diaryl/α,β-unsaturated/α-hetero) is 1. The first-order valence-corrected chi connectivity index (χ1v) is 8.53. The summed E-state index contributed by atoms with van der Waals surface area (Å²) in [5.74, 6) is 1.36. The summed E-state index contributed by atoms with van der Waals surface area (Å²) in [5.41, 5.74) is 1.61. The maximum Gasteiger partial charge on any atom is 0.164 e. The van der Waals surface area contributed by atoms with Crippen molar-refractivity contribution in [1.29, 1.82) is 0 Å². The van der Waals surface area contributed by atoms with Crippen molar-refractivity contribution in [2.45, 2.75) is 39.5 Å². The number of anilines is 1. The Hall–Kier alpha value is -0.550. The van der Waals surface area contributed by atoms with E-state index >= 15 is 0 Å². The second-order valence-electron chi connectivity index (χ2n) is 4.36. The van der Waals surface area contributed by atoms with Gasteiger partial charge in [0.05, 0.1) is 11.3 Å². The zero-order chi connectivity index (χ0) is 13.4. The lowest BCUT2D eigenvalue weighted by atomic mass is 10.2. The van der Waals surface area contributed by atoms with Crippen molar-refractivity contribution in [3.8, 4) is 0 Å². The number of unbranched alkanes of at least 4 members (excludes halogenated alkanes) is 3. The van der Waals surface area contributed by atoms with E-state index in [0.717, 1.165) is 29.2 Å². The second kappa shape index (κ2) is 8.53. The predicted molar refractivity (Wildman–Crippen MR) is 82.2 cm³/mol. The van der Waals surface area contributed by atoms with Gasteiger partial charge in [-0.25, -0.2) is 0 Å². The van der Waals surface area contributed by atoms with E-state index < -0.39 is 0 Å². The highest BCUT2D eigenvalue weighted by Crippen LogP contribution is 2.24. The molecule has 18 heavy (non-hydrogen) atoms. The van der Waals surface area contributed by atoms with Crippen molar-refractivity contribution in [3.05, 3.63) is 11.3 Å². The Labute approximate surface area is 118 Å². The molecule has 102 valence electrons. The zero-order valence-corrected chi connectivity index (χ0v) is 13.0. The van der Waals surface area contributed by atoms with Crippen LogP contribution < -0.4 is 5.32 Å². The second-order valence-corrected chi connectivity index (χ2v) is 6.12. The van der Waals surface area contributed by atoms with Gasteiger partial charge in [0, 0.05) is 6.54 Å². The number of rotatable bonds is 9. The molecular formula is C13H22N2OS2. The number of nitrogens with one attached hydrogen (secondary N) is 1. The Morgan fingerprint density at radius 3 is 2.72 bits per heavy atom. The van der Waals surface area contributed by atoms with Crippen LogP contribution in [0.4, 0.5) is 5.00 Å². The van der Waals surface area contributed by atoms with Gasteiger partial charge in [-0.05, 0) is 50.2 Å². The van der Waals surface area contributed by atoms with Gasteiger partial charge >= 0.3 is 0 Å². The van der Waals surface area contributed by atoms with E-state index in [4.69, 9.17) is 0 Å². The fraction of sp³-hybridized carbons (Fsp3) is 0.692. The van der Waals surface area contributed by atoms with Crippen molar-refractivity contribution in [2.24, 2.45) is 0 Å². The molecule has 0 atom stereocenters. The normalized spacial score (nSPS) is 10.6. The molecule has 1 heterocycles. The van der Waals surface area contributed by atoms with Gasteiger partial charge in [0.1, 0.15) is 5.00 Å². The number of carbonyl (C=O) groups is 1. The Morgan fingerprint density at radius 1 is 1.33 bits per heavy atom. The van der Waals surface area contributed by atoms with Crippen LogP contribution in [0.3, 0.4) is 0 Å². The highest BCUT2D eigenvalue weighted by molar-refractivity contribution is 7.98. The van der Waals surface area contributed by atoms with Crippen LogP contribution in [-0.4, -0.2) is 28.7 Å². The minimum absolute atomic E-state index is 0.101. The average molecular weight is 286 g/mol. The highest BCUT2D eigenvalue weighted by atomic mass is 32.2. The summed E-state index contributed by atoms with van der Waals surface area (Å²) in [7, 11) is 0. The van der Waals surface area contributed by atoms with Crippen LogP contribution in [-0.2, 0) is 0 Å². The third kappa shape index (κ3) is 4.98. The molecule has 3 nitrogen and oxygen atoms in total. The molecule has 0 saturated heterocycles. The maximum atomic E-state index is 11.5. The molecule has 1 rings (SSSR count). The number of aromatic nitrogens is 1. The number of nitrogens with zero attached hydrogens (tertiary/aromatic N) is 1. The number of thioether (sulfide) groups is 1. The number of hydrogen-bond donors (Lipinski definition) is 1. The van der Waals surface area contributed by atoms with Crippen molar-refractivity contribution in [3.63, 3.8) is 0 Å². The Bertz CT molecular complexity index is 377. The lowest BCUT2D eigenvalue weighted by Crippen LogP contribution is -2.04. The third-order valence-electron chi connectivity index (χ3n) is 2.78. The summed E-state index contributed by atoms with van der Waals surface area (Å²) >= 11 is 3.30. The summed E-state index contributed by atoms with van der Waals surface area (Å²) in [6, 6.07) is 0. The van der Waals surface area contributed by atoms with Gasteiger partial charge in [0.25, 0.3) is 0 Å². The van der Waals surface area contributed by atoms with Crippen LogP contribution >= 0.6 is 23.3 Å². The average Bonchev–Trinajstić information content (AvgIpc) is 2.69. The van der Waals surface area contributed by atoms with E-state index in [1.54, 1.807) is 6.92 Å². The lowest BCUT2D eigenvalue weighted by Gasteiger charge is -2.05. The molecule has 1 aromatic rings. The van der Waals surface area contributed by atoms with Gasteiger partial charge in [0.15, 0.2) is 5.78 Å². The van der Waals surface area contributed by atoms with E-state index in [2.05, 4.69) is 15.9 Å². The van der Waals surface area contributed by atoms with Crippen LogP contribution in [0.2, 0.25) is 0 Å². The molecule has 0 bridgehead atoms. The van der Waals surface area contributed by atoms with E-state index in [1.165, 1.54) is 36.5 Å². The van der Waals surface area contributed by atoms with Gasteiger partial charge < -0.3 is 5.32 Å². The largest absolute Gasteiger partial charge is 0.375 e. The topological polar surface area (TPSA) is 42.0 Å². The van der Waals surface area contributed by atoms with Crippen LogP contribution in [0.15, 0.2) is 0 Å². The van der Waals surface area contributed by atoms with Crippen LogP contribution in [0, 0.1) is 6.92 Å². The fourth-order valence-electron chi connectivity index (χ4n) is 1.83. The monoisotopic (exact) mass is 286 g/mol. The van der Waals surface area contributed by atoms with Crippen LogP contribution in [0.25, 0.3) is 0 Å². The molecule has 0 aliphatic rings. The summed E-state index contributed by atoms with van der Waals surface area (Å²) in [6.45, 7) is 4.42. The van der Waals surface area contributed by atoms with E-state index in [1.807, 2.05) is 18.7 Å². The van der Waals surface area contributed by atoms with Gasteiger partial charge in [-0.3, -0.25) is 4.79 Å². The molecule has 0 aromatic carbocycles. The van der Waals surface area contributed by atoms with Gasteiger partial charge in [0.2, 0.25) is 0 Å². The maximum absolute atomic E-state index is 11.5. The van der Waals surface area contributed by atoms with Gasteiger partial charge in [-0.15, -0.1) is 0 Å². The standard InChI is InChI=1S/C13H22N2OS2/c1-10-12(11(2)16)13(18-15-10)14-8-6-4-5-7-9-17-3/h14H,4-9H2,1-3H3. The first-order chi connectivity index (χ1) is 8.66. The van der Waals surface area contributed by atoms with E-state index in [0.29, 0.717) is 0 Å². The van der Waals surface area contributed by atoms with Crippen molar-refractivity contribution in [1.82, 2.24) is 4.37 Å². The molecule has 0 unspecified atom stereocenters. The molecular weight excluding hydrogens is 264 g/mol. The number of hydrogen-bond acceptors (Lipinski definition) is 5. The first-order valence-electron chi connectivity index (χ1n) is 6.36. The molecule has 5 heteroatoms. The summed E-state index contributed by atoms with van der Waals surface area (Å²) < 4.78 is 4.23. The molecule has 0 aliphatic heterocycles. The minimum atomic E-state index is 0.101. The van der Waals surface area contributed by atoms with Crippen molar-refractivity contribution >= 4 is 34.1 Å². The highest BCUT2D eigenvalue weighted by Gasteiger charge is 2.13. The predicted octanol–water partition coefficient (Wildman–Crippen LogP) is 3.99. The molecule has 0 aliphatic carbocycles. The SMILES string of the molecule is CSCCCCCCNc1snc(C)c1C(C)=O. The van der Waals surface area contributed by atoms with Crippen molar-refractivity contribution in [2.75, 3.05) is 23.9 Å². The smallest absolute Gasteiger partial charge is 0.164 e. The molecule has 1 N–H and O–H groups in total. The van der Waals surface area contributed by atoms with E-state index in [-0.39, 0.29) is 5.78 Å². The molecule has 1 aromatic heterocycles. The summed E-state index contributed by atoms with van der Waals surface area (Å²) in [4.78, 5) is 11.5. The number of carbonyl (C=O) groups excluding carboxylic acids is 1. The summed E-state index contributed by atoms with van der Waals surface area (Å²) in [6.07, 6.45) is 7.16. The molecule has 0 fully saturated rings. The Kier molecular flexibility index (Phi) is 7.35. The lowest BCUT2D eigenvalue weighted by molar-refractivity contribution is 0.101. The van der Waals surface area contributed by atoms with Crippen LogP contribution in [0.5, 0.6) is 0 Å². The Morgan fingerprint density at radius 2 is 2.06 bits per heavy atom. The Balaban J connectivity index is 2.25. The number of aryl methyl sites for hydroxylation is 1. The van der Waals surface area contributed by atoms with Crippen molar-refractivity contribution < 1.29 is 4.79 Å². The van der Waals surface area contributed by atoms with Crippen LogP contribution in [0.1, 0.15) is 48.7 Å². The zero-order valence-electron chi connectivity index (χ0n) is 11.4. The molecule has 0 radical (unpaired) electrons. The van der Waals surface area contributed by atoms with Gasteiger partial charge in [-0.2, -0.15) is 16.1 Å². The quantitative estimate of drug-likeness (QED) is 0.550. The van der Waals surface area contributed by atoms with Gasteiger partial charge in [-0.1, -0.05) is 12.8 Å². The summed E-state index contributed by atoms with van der Waals surface area (Å²) in [5, 5.41) is 4.27. The van der Waals surface area contributed by atoms with E-state index in [9.17, 15) is 4.79 Å². The fourth-order valence-corrected chi connectivity index (χ4v) is 3.19. The third-order valence-corrected chi connectivity index (χ3v) is 4.37. The number of ketones is 1. The molecule has 0 saturated carbocycles. The molecule has 0 spiro atoms.